The van der Waals surface area contributed by atoms with Gasteiger partial charge in [-0.05, 0) is 50.2 Å². The van der Waals surface area contributed by atoms with Crippen LogP contribution in [0.15, 0.2) is 42.5 Å². The molecule has 2 aromatic carbocycles. The molecule has 4 N–H and O–H groups in total. The summed E-state index contributed by atoms with van der Waals surface area (Å²) < 4.78 is 40.7. The highest BCUT2D eigenvalue weighted by Crippen LogP contribution is 2.37. The van der Waals surface area contributed by atoms with Gasteiger partial charge in [-0.3, -0.25) is 0 Å². The maximum atomic E-state index is 14.7. The quantitative estimate of drug-likeness (QED) is 0.464. The van der Waals surface area contributed by atoms with Crippen LogP contribution in [0.2, 0.25) is 0 Å². The van der Waals surface area contributed by atoms with Crippen molar-refractivity contribution in [2.45, 2.75) is 31.0 Å². The second-order valence-corrected chi connectivity index (χ2v) is 10.0. The molecule has 3 fully saturated rings. The van der Waals surface area contributed by atoms with Gasteiger partial charge in [-0.1, -0.05) is 6.07 Å². The Bertz CT molecular complexity index is 1310. The smallest absolute Gasteiger partial charge is 0.169 e. The van der Waals surface area contributed by atoms with Crippen LogP contribution in [0.25, 0.3) is 11.3 Å². The average Bonchev–Trinajstić information content (AvgIpc) is 2.90. The lowest BCUT2D eigenvalue weighted by molar-refractivity contribution is 0.0588. The number of anilines is 3. The lowest BCUT2D eigenvalue weighted by Crippen LogP contribution is -2.65. The van der Waals surface area contributed by atoms with Crippen molar-refractivity contribution in [1.29, 1.82) is 0 Å². The third-order valence-corrected chi connectivity index (χ3v) is 7.42. The first-order valence-electron chi connectivity index (χ1n) is 12.9. The summed E-state index contributed by atoms with van der Waals surface area (Å²) in [6.07, 6.45) is 1.85. The number of nitrogens with one attached hydrogen (secondary N) is 1. The van der Waals surface area contributed by atoms with Gasteiger partial charge in [0.15, 0.2) is 17.4 Å². The molecule has 11 heteroatoms. The molecule has 3 aromatic rings. The molecule has 38 heavy (non-hydrogen) atoms. The van der Waals surface area contributed by atoms with Crippen molar-refractivity contribution in [3.05, 3.63) is 54.1 Å². The van der Waals surface area contributed by atoms with Crippen molar-refractivity contribution < 1.29 is 23.4 Å². The zero-order valence-electron chi connectivity index (χ0n) is 20.8. The summed E-state index contributed by atoms with van der Waals surface area (Å²) in [7, 11) is 0. The number of benzene rings is 2. The van der Waals surface area contributed by atoms with Crippen LogP contribution in [-0.2, 0) is 4.74 Å². The Morgan fingerprint density at radius 2 is 1.79 bits per heavy atom. The van der Waals surface area contributed by atoms with Crippen molar-refractivity contribution in [3.8, 4) is 22.8 Å². The number of nitrogens with two attached hydrogens (primary N) is 1. The topological polar surface area (TPSA) is 109 Å². The fraction of sp³-hybridized carbons (Fsp3) is 0.407. The average molecular weight is 525 g/mol. The van der Waals surface area contributed by atoms with Crippen LogP contribution in [0.3, 0.4) is 0 Å². The van der Waals surface area contributed by atoms with E-state index in [1.807, 2.05) is 6.07 Å². The first kappa shape index (κ1) is 24.6. The van der Waals surface area contributed by atoms with Crippen molar-refractivity contribution in [2.75, 3.05) is 54.9 Å². The van der Waals surface area contributed by atoms with Crippen molar-refractivity contribution in [1.82, 2.24) is 15.5 Å². The van der Waals surface area contributed by atoms with E-state index in [1.54, 1.807) is 18.2 Å². The van der Waals surface area contributed by atoms with Gasteiger partial charge >= 0.3 is 0 Å². The van der Waals surface area contributed by atoms with Crippen LogP contribution in [0.4, 0.5) is 26.0 Å². The number of phenols is 1. The monoisotopic (exact) mass is 524 g/mol. The van der Waals surface area contributed by atoms with E-state index in [2.05, 4.69) is 25.3 Å². The number of nitrogen functional groups attached to an aromatic ring is 1. The number of piperazine rings is 1. The molecule has 200 valence electrons. The summed E-state index contributed by atoms with van der Waals surface area (Å²) in [6, 6.07) is 10.7. The lowest BCUT2D eigenvalue weighted by atomic mass is 10.0. The minimum atomic E-state index is -0.735. The number of phenolic OH excluding ortho intramolecular Hbond substituents is 1. The lowest BCUT2D eigenvalue weighted by Gasteiger charge is -2.51. The molecule has 1 aromatic heterocycles. The van der Waals surface area contributed by atoms with Gasteiger partial charge in [0.2, 0.25) is 0 Å². The highest BCUT2D eigenvalue weighted by atomic mass is 19.1. The van der Waals surface area contributed by atoms with Crippen LogP contribution in [0.5, 0.6) is 11.5 Å². The molecule has 3 aliphatic rings. The highest BCUT2D eigenvalue weighted by Gasteiger charge is 2.39. The van der Waals surface area contributed by atoms with Crippen LogP contribution in [-0.4, -0.2) is 72.9 Å². The summed E-state index contributed by atoms with van der Waals surface area (Å²) in [5.41, 5.74) is 8.19. The summed E-state index contributed by atoms with van der Waals surface area (Å²) in [5, 5.41) is 21.7. The number of halogens is 2. The van der Waals surface area contributed by atoms with E-state index in [9.17, 15) is 13.9 Å². The third kappa shape index (κ3) is 4.79. The molecule has 3 aliphatic heterocycles. The number of hydrogen-bond acceptors (Lipinski definition) is 9. The van der Waals surface area contributed by atoms with E-state index < -0.39 is 11.6 Å². The number of aromatic hydroxyl groups is 1. The summed E-state index contributed by atoms with van der Waals surface area (Å²) in [6.45, 7) is 3.80. The largest absolute Gasteiger partial charge is 0.504 e. The minimum absolute atomic E-state index is 0.0690. The Hall–Kier alpha value is -3.70. The van der Waals surface area contributed by atoms with E-state index in [-0.39, 0.29) is 35.4 Å². The predicted octanol–water partition coefficient (Wildman–Crippen LogP) is 2.93. The van der Waals surface area contributed by atoms with E-state index in [4.69, 9.17) is 15.2 Å². The molecule has 2 bridgehead atoms. The van der Waals surface area contributed by atoms with Crippen LogP contribution < -0.4 is 25.6 Å². The number of ether oxygens (including phenoxy) is 2. The van der Waals surface area contributed by atoms with Gasteiger partial charge in [-0.15, -0.1) is 10.2 Å². The van der Waals surface area contributed by atoms with E-state index in [0.717, 1.165) is 31.6 Å². The summed E-state index contributed by atoms with van der Waals surface area (Å²) in [4.78, 5) is 4.31. The zero-order valence-corrected chi connectivity index (χ0v) is 20.8. The second-order valence-electron chi connectivity index (χ2n) is 10.0. The minimum Gasteiger partial charge on any atom is -0.504 e. The van der Waals surface area contributed by atoms with Gasteiger partial charge in [-0.25, -0.2) is 8.78 Å². The molecule has 0 amide bonds. The Balaban J connectivity index is 1.26. The molecule has 0 radical (unpaired) electrons. The van der Waals surface area contributed by atoms with Crippen molar-refractivity contribution >= 4 is 17.2 Å². The summed E-state index contributed by atoms with van der Waals surface area (Å²) >= 11 is 0. The fourth-order valence-corrected chi connectivity index (χ4v) is 5.65. The van der Waals surface area contributed by atoms with Gasteiger partial charge in [0.25, 0.3) is 0 Å². The number of nitrogens with zero attached hydrogens (tertiary/aromatic N) is 4. The van der Waals surface area contributed by atoms with Gasteiger partial charge in [-0.2, -0.15) is 0 Å². The zero-order chi connectivity index (χ0) is 26.2. The molecular formula is C27H30F2N6O3. The SMILES string of the molecule is Nc1nnc(-c2cccc(F)c2O)cc1N1C[C@H]2COC[C@@H](C1)N2c1cc(F)cc(OC2CCNCC2)c1. The van der Waals surface area contributed by atoms with Crippen molar-refractivity contribution in [3.63, 3.8) is 0 Å². The number of hydrogen-bond donors (Lipinski definition) is 3. The van der Waals surface area contributed by atoms with Crippen LogP contribution in [0, 0.1) is 11.6 Å². The molecule has 0 unspecified atom stereocenters. The molecule has 0 aliphatic carbocycles. The van der Waals surface area contributed by atoms with Gasteiger partial charge in [0.1, 0.15) is 17.7 Å². The molecule has 4 heterocycles. The molecule has 0 spiro atoms. The standard InChI is InChI=1S/C27H30F2N6O3/c28-16-8-17(10-21(9-16)38-20-4-6-31-7-5-20)35-18-12-34(13-19(35)15-37-14-18)25-11-24(32-33-27(25)30)22-2-1-3-23(29)26(22)36/h1-3,8-11,18-20,31,36H,4-7,12-15H2,(H2,30,33)/t18-,19+. The molecule has 9 nitrogen and oxygen atoms in total. The first-order chi connectivity index (χ1) is 18.5. The maximum absolute atomic E-state index is 14.7. The van der Waals surface area contributed by atoms with E-state index in [0.29, 0.717) is 43.4 Å². The van der Waals surface area contributed by atoms with Gasteiger partial charge < -0.3 is 35.4 Å². The predicted molar refractivity (Wildman–Crippen MR) is 140 cm³/mol. The molecule has 6 rings (SSSR count). The number of aromatic nitrogens is 2. The molecular weight excluding hydrogens is 494 g/mol. The van der Waals surface area contributed by atoms with Crippen molar-refractivity contribution in [2.24, 2.45) is 0 Å². The Morgan fingerprint density at radius 1 is 1.03 bits per heavy atom. The van der Waals surface area contributed by atoms with Gasteiger partial charge in [0, 0.05) is 36.5 Å². The maximum Gasteiger partial charge on any atom is 0.169 e. The van der Waals surface area contributed by atoms with E-state index >= 15 is 0 Å². The Kier molecular flexibility index (Phi) is 6.62. The van der Waals surface area contributed by atoms with Crippen LogP contribution in [0.1, 0.15) is 12.8 Å². The number of piperidine rings is 1. The normalized spacial score (nSPS) is 21.9. The van der Waals surface area contributed by atoms with Gasteiger partial charge in [0.05, 0.1) is 36.7 Å². The number of para-hydroxylation sites is 1. The van der Waals surface area contributed by atoms with E-state index in [1.165, 1.54) is 18.2 Å². The second kappa shape index (κ2) is 10.2. The number of fused-ring (bicyclic) bond motifs is 2. The van der Waals surface area contributed by atoms with Crippen LogP contribution >= 0.6 is 0 Å². The number of morpholine rings is 1. The Morgan fingerprint density at radius 3 is 2.55 bits per heavy atom. The summed E-state index contributed by atoms with van der Waals surface area (Å²) in [5.74, 6) is -0.784. The molecule has 2 atom stereocenters. The fourth-order valence-electron chi connectivity index (χ4n) is 5.65. The first-order valence-corrected chi connectivity index (χ1v) is 12.9. The molecule has 0 saturated carbocycles. The number of rotatable bonds is 5. The molecule has 3 saturated heterocycles. The highest BCUT2D eigenvalue weighted by molar-refractivity contribution is 5.74. The third-order valence-electron chi connectivity index (χ3n) is 7.42. The Labute approximate surface area is 219 Å².